The molecule has 6 nitrogen and oxygen atoms in total. The van der Waals surface area contributed by atoms with E-state index in [2.05, 4.69) is 17.4 Å². The average molecular weight is 476 g/mol. The highest BCUT2D eigenvalue weighted by Crippen LogP contribution is 2.53. The number of carbonyl (C=O) groups is 1. The number of halogens is 1. The molecule has 2 aromatic carbocycles. The van der Waals surface area contributed by atoms with Crippen LogP contribution in [0.15, 0.2) is 42.5 Å². The summed E-state index contributed by atoms with van der Waals surface area (Å²) in [5.74, 6) is -0.721. The van der Waals surface area contributed by atoms with Crippen molar-refractivity contribution in [1.29, 1.82) is 0 Å². The Bertz CT molecular complexity index is 1100. The summed E-state index contributed by atoms with van der Waals surface area (Å²) in [6.07, 6.45) is 4.49. The van der Waals surface area contributed by atoms with Gasteiger partial charge in [0, 0.05) is 16.5 Å². The fraction of sp³-hybridized carbons (Fsp3) is 0.458. The third-order valence-electron chi connectivity index (χ3n) is 6.78. The third kappa shape index (κ3) is 4.07. The summed E-state index contributed by atoms with van der Waals surface area (Å²) in [6.45, 7) is 2.27. The number of rotatable bonds is 7. The molecule has 2 aliphatic rings. The van der Waals surface area contributed by atoms with Crippen LogP contribution in [0.5, 0.6) is 0 Å². The van der Waals surface area contributed by atoms with Gasteiger partial charge in [-0.05, 0) is 73.2 Å². The van der Waals surface area contributed by atoms with Crippen molar-refractivity contribution in [2.24, 2.45) is 5.73 Å². The van der Waals surface area contributed by atoms with Crippen LogP contribution in [-0.2, 0) is 26.7 Å². The maximum atomic E-state index is 12.9. The molecule has 1 amide bonds. The molecule has 1 aliphatic heterocycles. The predicted molar refractivity (Wildman–Crippen MR) is 128 cm³/mol. The number of hydrogen-bond donors (Lipinski definition) is 2. The minimum Gasteiger partial charge on any atom is -0.322 e. The number of fused-ring (bicyclic) bond motifs is 1. The van der Waals surface area contributed by atoms with Gasteiger partial charge in [0.15, 0.2) is 0 Å². The van der Waals surface area contributed by atoms with Crippen LogP contribution >= 0.6 is 11.6 Å². The molecule has 172 valence electrons. The van der Waals surface area contributed by atoms with E-state index in [4.69, 9.17) is 17.3 Å². The number of benzene rings is 2. The van der Waals surface area contributed by atoms with Crippen molar-refractivity contribution in [2.45, 2.75) is 50.5 Å². The second-order valence-electron chi connectivity index (χ2n) is 8.72. The second kappa shape index (κ2) is 9.14. The van der Waals surface area contributed by atoms with Crippen molar-refractivity contribution in [3.8, 4) is 0 Å². The first-order valence-electron chi connectivity index (χ1n) is 11.2. The summed E-state index contributed by atoms with van der Waals surface area (Å²) in [7, 11) is -3.80. The molecule has 0 aromatic heterocycles. The highest BCUT2D eigenvalue weighted by molar-refractivity contribution is 7.93. The molecule has 3 N–H and O–H groups in total. The van der Waals surface area contributed by atoms with Gasteiger partial charge < -0.3 is 11.1 Å². The summed E-state index contributed by atoms with van der Waals surface area (Å²) in [5, 5.41) is 4.40. The Balaban J connectivity index is 1.80. The molecule has 4 rings (SSSR count). The molecule has 0 radical (unpaired) electrons. The number of anilines is 1. The zero-order chi connectivity index (χ0) is 22.9. The van der Waals surface area contributed by atoms with Crippen molar-refractivity contribution in [1.82, 2.24) is 5.32 Å². The Morgan fingerprint density at radius 1 is 1.22 bits per heavy atom. The van der Waals surface area contributed by atoms with Crippen LogP contribution in [-0.4, -0.2) is 33.2 Å². The highest BCUT2D eigenvalue weighted by Gasteiger charge is 2.47. The van der Waals surface area contributed by atoms with Crippen LogP contribution in [0.2, 0.25) is 5.02 Å². The SMILES string of the molecule is CCCS(=O)(=O)N(C(=O)CN)c1ccc2c(c1)C(C1(c3ccc(Cl)cc3)CCC1)NCC2. The van der Waals surface area contributed by atoms with Gasteiger partial charge in [-0.3, -0.25) is 4.79 Å². The number of carbonyl (C=O) groups excluding carboxylic acids is 1. The van der Waals surface area contributed by atoms with Gasteiger partial charge in [0.25, 0.3) is 5.91 Å². The zero-order valence-electron chi connectivity index (χ0n) is 18.3. The molecule has 1 heterocycles. The fourth-order valence-electron chi connectivity index (χ4n) is 5.13. The Kier molecular flexibility index (Phi) is 6.63. The molecule has 0 saturated heterocycles. The average Bonchev–Trinajstić information content (AvgIpc) is 2.74. The van der Waals surface area contributed by atoms with Crippen LogP contribution in [0, 0.1) is 0 Å². The first kappa shape index (κ1) is 23.2. The van der Waals surface area contributed by atoms with Gasteiger partial charge in [0.2, 0.25) is 10.0 Å². The van der Waals surface area contributed by atoms with Crippen molar-refractivity contribution >= 4 is 33.2 Å². The summed E-state index contributed by atoms with van der Waals surface area (Å²) < 4.78 is 26.7. The lowest BCUT2D eigenvalue weighted by molar-refractivity contribution is -0.116. The van der Waals surface area contributed by atoms with Crippen molar-refractivity contribution in [3.63, 3.8) is 0 Å². The number of amides is 1. The van der Waals surface area contributed by atoms with Crippen LogP contribution in [0.3, 0.4) is 0 Å². The minimum absolute atomic E-state index is 0.0323. The van der Waals surface area contributed by atoms with Gasteiger partial charge in [-0.25, -0.2) is 12.7 Å². The molecule has 1 aliphatic carbocycles. The lowest BCUT2D eigenvalue weighted by Gasteiger charge is -2.50. The van der Waals surface area contributed by atoms with Crippen LogP contribution < -0.4 is 15.4 Å². The molecule has 1 atom stereocenters. The van der Waals surface area contributed by atoms with Crippen molar-refractivity contribution < 1.29 is 13.2 Å². The smallest absolute Gasteiger partial charge is 0.254 e. The highest BCUT2D eigenvalue weighted by atomic mass is 35.5. The normalized spacial score (nSPS) is 19.7. The van der Waals surface area contributed by atoms with Crippen LogP contribution in [0.25, 0.3) is 0 Å². The van der Waals surface area contributed by atoms with Crippen LogP contribution in [0.1, 0.15) is 55.3 Å². The zero-order valence-corrected chi connectivity index (χ0v) is 19.9. The van der Waals surface area contributed by atoms with E-state index in [0.29, 0.717) is 17.1 Å². The lowest BCUT2D eigenvalue weighted by atomic mass is 9.58. The molecular formula is C24H30ClN3O3S. The fourth-order valence-corrected chi connectivity index (χ4v) is 6.78. The standard InChI is InChI=1S/C24H30ClN3O3S/c1-2-14-32(30,31)28(22(29)16-26)20-9-4-17-10-13-27-23(21(17)15-20)24(11-3-12-24)18-5-7-19(25)8-6-18/h4-9,15,23,27H,2-3,10-14,16,26H2,1H3. The monoisotopic (exact) mass is 475 g/mol. The second-order valence-corrected chi connectivity index (χ2v) is 11.1. The molecule has 0 spiro atoms. The topological polar surface area (TPSA) is 92.5 Å². The van der Waals surface area contributed by atoms with E-state index in [-0.39, 0.29) is 23.8 Å². The number of nitrogens with one attached hydrogen (secondary N) is 1. The molecule has 1 unspecified atom stereocenters. The first-order valence-corrected chi connectivity index (χ1v) is 13.2. The molecule has 0 bridgehead atoms. The number of sulfonamides is 1. The van der Waals surface area contributed by atoms with E-state index < -0.39 is 15.9 Å². The largest absolute Gasteiger partial charge is 0.322 e. The van der Waals surface area contributed by atoms with Gasteiger partial charge in [-0.15, -0.1) is 0 Å². The maximum Gasteiger partial charge on any atom is 0.254 e. The van der Waals surface area contributed by atoms with Crippen LogP contribution in [0.4, 0.5) is 5.69 Å². The van der Waals surface area contributed by atoms with Gasteiger partial charge in [-0.1, -0.05) is 43.1 Å². The quantitative estimate of drug-likeness (QED) is 0.637. The van der Waals surface area contributed by atoms with E-state index in [1.807, 2.05) is 24.3 Å². The minimum atomic E-state index is -3.80. The summed E-state index contributed by atoms with van der Waals surface area (Å²) >= 11 is 6.14. The number of hydrogen-bond acceptors (Lipinski definition) is 5. The number of nitrogens with zero attached hydrogens (tertiary/aromatic N) is 1. The molecule has 1 fully saturated rings. The van der Waals surface area contributed by atoms with Gasteiger partial charge in [0.1, 0.15) is 0 Å². The Morgan fingerprint density at radius 2 is 1.94 bits per heavy atom. The van der Waals surface area contributed by atoms with E-state index >= 15 is 0 Å². The molecule has 2 aromatic rings. The van der Waals surface area contributed by atoms with E-state index in [0.717, 1.165) is 42.1 Å². The van der Waals surface area contributed by atoms with Gasteiger partial charge >= 0.3 is 0 Å². The van der Waals surface area contributed by atoms with Gasteiger partial charge in [0.05, 0.1) is 18.0 Å². The summed E-state index contributed by atoms with van der Waals surface area (Å²) in [4.78, 5) is 12.6. The molecular weight excluding hydrogens is 446 g/mol. The lowest BCUT2D eigenvalue weighted by Crippen LogP contribution is -2.49. The Labute approximate surface area is 195 Å². The van der Waals surface area contributed by atoms with Gasteiger partial charge in [-0.2, -0.15) is 0 Å². The predicted octanol–water partition coefficient (Wildman–Crippen LogP) is 3.68. The Morgan fingerprint density at radius 3 is 2.53 bits per heavy atom. The molecule has 32 heavy (non-hydrogen) atoms. The Hall–Kier alpha value is -1.93. The number of nitrogens with two attached hydrogens (primary N) is 1. The van der Waals surface area contributed by atoms with E-state index in [1.165, 1.54) is 11.1 Å². The molecule has 1 saturated carbocycles. The van der Waals surface area contributed by atoms with E-state index in [1.54, 1.807) is 13.0 Å². The maximum absolute atomic E-state index is 12.9. The van der Waals surface area contributed by atoms with E-state index in [9.17, 15) is 13.2 Å². The van der Waals surface area contributed by atoms with Crippen molar-refractivity contribution in [3.05, 3.63) is 64.2 Å². The summed E-state index contributed by atoms with van der Waals surface area (Å²) in [5.41, 5.74) is 9.34. The summed E-state index contributed by atoms with van der Waals surface area (Å²) in [6, 6.07) is 13.6. The van der Waals surface area contributed by atoms with Crippen molar-refractivity contribution in [2.75, 3.05) is 23.1 Å². The molecule has 8 heteroatoms. The third-order valence-corrected chi connectivity index (χ3v) is 8.92. The first-order chi connectivity index (χ1) is 15.3.